The van der Waals surface area contributed by atoms with Gasteiger partial charge in [0, 0.05) is 20.2 Å². The van der Waals surface area contributed by atoms with E-state index >= 15 is 0 Å². The van der Waals surface area contributed by atoms with Gasteiger partial charge >= 0.3 is 0 Å². The van der Waals surface area contributed by atoms with Gasteiger partial charge in [0.25, 0.3) is 0 Å². The smallest absolute Gasteiger partial charge is 0.245 e. The Labute approximate surface area is 121 Å². The number of hydrogen-bond donors (Lipinski definition) is 1. The molecule has 1 aromatic carbocycles. The zero-order valence-corrected chi connectivity index (χ0v) is 13.0. The van der Waals surface area contributed by atoms with Crippen LogP contribution in [0.5, 0.6) is 0 Å². The Hall–Kier alpha value is -1.37. The Morgan fingerprint density at radius 1 is 1.40 bits per heavy atom. The number of ether oxygens (including phenoxy) is 1. The second-order valence-corrected chi connectivity index (χ2v) is 6.45. The maximum absolute atomic E-state index is 12.8. The van der Waals surface area contributed by atoms with Crippen LogP contribution in [0.1, 0.15) is 11.1 Å². The van der Waals surface area contributed by atoms with Crippen LogP contribution < -0.4 is 5.73 Å². The van der Waals surface area contributed by atoms with Gasteiger partial charge in [0.05, 0.1) is 12.3 Å². The number of anilines is 1. The Bertz CT molecular complexity index is 582. The molecule has 0 atom stereocenters. The number of nitrogen functional groups attached to an aromatic ring is 1. The van der Waals surface area contributed by atoms with Gasteiger partial charge in [-0.05, 0) is 31.0 Å². The van der Waals surface area contributed by atoms with E-state index in [0.717, 1.165) is 5.56 Å². The van der Waals surface area contributed by atoms with Crippen molar-refractivity contribution in [1.82, 2.24) is 4.31 Å². The SMILES string of the molecule is C=CCN(CCOC)S(=O)(=O)c1c(N)ccc(C)c1C. The van der Waals surface area contributed by atoms with E-state index in [1.165, 1.54) is 11.4 Å². The third kappa shape index (κ3) is 3.39. The van der Waals surface area contributed by atoms with Crippen LogP contribution in [0.25, 0.3) is 0 Å². The first-order valence-corrected chi connectivity index (χ1v) is 7.76. The molecule has 0 fully saturated rings. The van der Waals surface area contributed by atoms with Crippen LogP contribution in [0.15, 0.2) is 29.7 Å². The van der Waals surface area contributed by atoms with E-state index < -0.39 is 10.0 Å². The molecule has 0 spiro atoms. The summed E-state index contributed by atoms with van der Waals surface area (Å²) in [5, 5.41) is 0. The van der Waals surface area contributed by atoms with E-state index in [9.17, 15) is 8.42 Å². The molecule has 112 valence electrons. The molecule has 6 heteroatoms. The maximum atomic E-state index is 12.8. The Kier molecular flexibility index (Phi) is 5.74. The van der Waals surface area contributed by atoms with Crippen molar-refractivity contribution in [3.63, 3.8) is 0 Å². The van der Waals surface area contributed by atoms with Gasteiger partial charge in [-0.15, -0.1) is 6.58 Å². The van der Waals surface area contributed by atoms with Crippen molar-refractivity contribution in [2.24, 2.45) is 0 Å². The lowest BCUT2D eigenvalue weighted by atomic mass is 10.1. The van der Waals surface area contributed by atoms with Crippen LogP contribution in [0.4, 0.5) is 5.69 Å². The fraction of sp³-hybridized carbons (Fsp3) is 0.429. The topological polar surface area (TPSA) is 72.6 Å². The first-order chi connectivity index (χ1) is 9.36. The number of nitrogens with two attached hydrogens (primary N) is 1. The maximum Gasteiger partial charge on any atom is 0.245 e. The van der Waals surface area contributed by atoms with Gasteiger partial charge in [-0.1, -0.05) is 12.1 Å². The molecule has 0 radical (unpaired) electrons. The number of methoxy groups -OCH3 is 1. The highest BCUT2D eigenvalue weighted by Gasteiger charge is 2.27. The summed E-state index contributed by atoms with van der Waals surface area (Å²) in [6, 6.07) is 3.44. The quantitative estimate of drug-likeness (QED) is 0.614. The molecule has 20 heavy (non-hydrogen) atoms. The summed E-state index contributed by atoms with van der Waals surface area (Å²) in [5.74, 6) is 0. The molecule has 1 aromatic rings. The van der Waals surface area contributed by atoms with E-state index in [1.807, 2.05) is 13.0 Å². The molecule has 2 N–H and O–H groups in total. The van der Waals surface area contributed by atoms with Gasteiger partial charge in [0.15, 0.2) is 0 Å². The van der Waals surface area contributed by atoms with E-state index in [2.05, 4.69) is 6.58 Å². The van der Waals surface area contributed by atoms with Gasteiger partial charge < -0.3 is 10.5 Å². The molecule has 5 nitrogen and oxygen atoms in total. The average molecular weight is 298 g/mol. The first-order valence-electron chi connectivity index (χ1n) is 6.32. The summed E-state index contributed by atoms with van der Waals surface area (Å²) in [4.78, 5) is 0.176. The van der Waals surface area contributed by atoms with Gasteiger partial charge in [-0.25, -0.2) is 8.42 Å². The second kappa shape index (κ2) is 6.88. The van der Waals surface area contributed by atoms with Crippen LogP contribution in [0.2, 0.25) is 0 Å². The van der Waals surface area contributed by atoms with E-state index in [-0.39, 0.29) is 23.7 Å². The highest BCUT2D eigenvalue weighted by molar-refractivity contribution is 7.89. The predicted molar refractivity (Wildman–Crippen MR) is 81.2 cm³/mol. The largest absolute Gasteiger partial charge is 0.398 e. The minimum atomic E-state index is -3.66. The highest BCUT2D eigenvalue weighted by atomic mass is 32.2. The van der Waals surface area contributed by atoms with Crippen molar-refractivity contribution in [3.8, 4) is 0 Å². The molecule has 0 bridgehead atoms. The summed E-state index contributed by atoms with van der Waals surface area (Å²) in [7, 11) is -2.13. The third-order valence-corrected chi connectivity index (χ3v) is 5.25. The molecule has 0 saturated heterocycles. The van der Waals surface area contributed by atoms with Crippen LogP contribution in [0, 0.1) is 13.8 Å². The molecule has 0 unspecified atom stereocenters. The normalized spacial score (nSPS) is 11.8. The summed E-state index contributed by atoms with van der Waals surface area (Å²) in [5.41, 5.74) is 7.71. The lowest BCUT2D eigenvalue weighted by Crippen LogP contribution is -2.35. The summed E-state index contributed by atoms with van der Waals surface area (Å²) >= 11 is 0. The molecule has 1 rings (SSSR count). The zero-order chi connectivity index (χ0) is 15.3. The summed E-state index contributed by atoms with van der Waals surface area (Å²) in [6.45, 7) is 8.03. The van der Waals surface area contributed by atoms with Crippen LogP contribution in [-0.2, 0) is 14.8 Å². The molecular formula is C14H22N2O3S. The fourth-order valence-electron chi connectivity index (χ4n) is 1.93. The number of nitrogens with zero attached hydrogens (tertiary/aromatic N) is 1. The van der Waals surface area contributed by atoms with Gasteiger partial charge in [-0.2, -0.15) is 4.31 Å². The van der Waals surface area contributed by atoms with Gasteiger partial charge in [0.1, 0.15) is 4.90 Å². The monoisotopic (exact) mass is 298 g/mol. The van der Waals surface area contributed by atoms with Crippen molar-refractivity contribution in [2.75, 3.05) is 32.5 Å². The highest BCUT2D eigenvalue weighted by Crippen LogP contribution is 2.28. The molecule has 0 aliphatic rings. The number of aryl methyl sites for hydroxylation is 1. The fourth-order valence-corrected chi connectivity index (χ4v) is 3.72. The van der Waals surface area contributed by atoms with Gasteiger partial charge in [-0.3, -0.25) is 0 Å². The number of hydrogen-bond acceptors (Lipinski definition) is 4. The number of rotatable bonds is 7. The van der Waals surface area contributed by atoms with E-state index in [4.69, 9.17) is 10.5 Å². The van der Waals surface area contributed by atoms with Crippen LogP contribution in [0.3, 0.4) is 0 Å². The van der Waals surface area contributed by atoms with Crippen molar-refractivity contribution >= 4 is 15.7 Å². The minimum Gasteiger partial charge on any atom is -0.398 e. The number of sulfonamides is 1. The third-order valence-electron chi connectivity index (χ3n) is 3.18. The van der Waals surface area contributed by atoms with Crippen LogP contribution >= 0.6 is 0 Å². The Morgan fingerprint density at radius 3 is 2.60 bits per heavy atom. The summed E-state index contributed by atoms with van der Waals surface area (Å²) in [6.07, 6.45) is 1.55. The molecular weight excluding hydrogens is 276 g/mol. The van der Waals surface area contributed by atoms with Gasteiger partial charge in [0.2, 0.25) is 10.0 Å². The standard InChI is InChI=1S/C14H22N2O3S/c1-5-8-16(9-10-19-4)20(17,18)14-12(3)11(2)6-7-13(14)15/h5-7H,1,8-10,15H2,2-4H3. The van der Waals surface area contributed by atoms with Crippen molar-refractivity contribution < 1.29 is 13.2 Å². The Morgan fingerprint density at radius 2 is 2.05 bits per heavy atom. The van der Waals surface area contributed by atoms with E-state index in [0.29, 0.717) is 12.2 Å². The first kappa shape index (κ1) is 16.7. The molecule has 0 aromatic heterocycles. The van der Waals surface area contributed by atoms with Crippen molar-refractivity contribution in [2.45, 2.75) is 18.7 Å². The van der Waals surface area contributed by atoms with Crippen molar-refractivity contribution in [3.05, 3.63) is 35.9 Å². The minimum absolute atomic E-state index is 0.176. The number of benzene rings is 1. The molecule has 0 aliphatic heterocycles. The second-order valence-electron chi connectivity index (χ2n) is 4.57. The lowest BCUT2D eigenvalue weighted by molar-refractivity contribution is 0.182. The molecule has 0 heterocycles. The van der Waals surface area contributed by atoms with Crippen molar-refractivity contribution in [1.29, 1.82) is 0 Å². The van der Waals surface area contributed by atoms with Crippen LogP contribution in [-0.4, -0.2) is 39.5 Å². The molecule has 0 amide bonds. The predicted octanol–water partition coefficient (Wildman–Crippen LogP) is 1.71. The van der Waals surface area contributed by atoms with E-state index in [1.54, 1.807) is 19.1 Å². The summed E-state index contributed by atoms with van der Waals surface area (Å²) < 4.78 is 31.8. The molecule has 0 aliphatic carbocycles. The molecule has 0 saturated carbocycles. The lowest BCUT2D eigenvalue weighted by Gasteiger charge is -2.23. The zero-order valence-electron chi connectivity index (χ0n) is 12.2. The average Bonchev–Trinajstić information content (AvgIpc) is 2.39. The Balaban J connectivity index is 3.33.